The Labute approximate surface area is 329 Å². The number of benzene rings is 9. The summed E-state index contributed by atoms with van der Waals surface area (Å²) in [6.45, 7) is 0. The second-order valence-corrected chi connectivity index (χ2v) is 14.4. The summed E-state index contributed by atoms with van der Waals surface area (Å²) in [6.07, 6.45) is 0. The second kappa shape index (κ2) is 13.6. The Kier molecular flexibility index (Phi) is 7.78. The van der Waals surface area contributed by atoms with Crippen molar-refractivity contribution in [3.63, 3.8) is 0 Å². The monoisotopic (exact) mass is 727 g/mol. The van der Waals surface area contributed by atoms with Crippen LogP contribution in [0.3, 0.4) is 0 Å². The highest BCUT2D eigenvalue weighted by atomic mass is 16.3. The van der Waals surface area contributed by atoms with Crippen LogP contribution in [0.2, 0.25) is 0 Å². The Bertz CT molecular complexity index is 3280. The van der Waals surface area contributed by atoms with Gasteiger partial charge in [-0.05, 0) is 91.3 Å². The molecule has 266 valence electrons. The van der Waals surface area contributed by atoms with Gasteiger partial charge in [-0.3, -0.25) is 0 Å². The molecule has 0 bridgehead atoms. The van der Waals surface area contributed by atoms with Crippen molar-refractivity contribution < 1.29 is 4.42 Å². The zero-order valence-corrected chi connectivity index (χ0v) is 30.8. The first-order valence-corrected chi connectivity index (χ1v) is 19.2. The third-order valence-corrected chi connectivity index (χ3v) is 10.9. The van der Waals surface area contributed by atoms with E-state index in [9.17, 15) is 0 Å². The van der Waals surface area contributed by atoms with Gasteiger partial charge in [0.25, 0.3) is 0 Å². The van der Waals surface area contributed by atoms with Gasteiger partial charge in [0.2, 0.25) is 0 Å². The molecule has 2 aromatic heterocycles. The van der Waals surface area contributed by atoms with Gasteiger partial charge in [-0.2, -0.15) is 0 Å². The highest BCUT2D eigenvalue weighted by Gasteiger charge is 2.16. The summed E-state index contributed by atoms with van der Waals surface area (Å²) >= 11 is 0. The minimum absolute atomic E-state index is 0.633. The lowest BCUT2D eigenvalue weighted by molar-refractivity contribution is 0.669. The van der Waals surface area contributed by atoms with Crippen LogP contribution in [0.25, 0.3) is 111 Å². The molecule has 0 aliphatic carbocycles. The fourth-order valence-corrected chi connectivity index (χ4v) is 7.96. The van der Waals surface area contributed by atoms with Crippen LogP contribution in [0.15, 0.2) is 205 Å². The molecule has 0 aliphatic rings. The first kappa shape index (κ1) is 32.7. The quantitative estimate of drug-likeness (QED) is 0.171. The fourth-order valence-electron chi connectivity index (χ4n) is 7.96. The predicted octanol–water partition coefficient (Wildman–Crippen LogP) is 14.1. The summed E-state index contributed by atoms with van der Waals surface area (Å²) in [5.41, 5.74) is 11.5. The van der Waals surface area contributed by atoms with E-state index in [4.69, 9.17) is 19.4 Å². The predicted molar refractivity (Wildman–Crippen MR) is 235 cm³/mol. The van der Waals surface area contributed by atoms with Crippen LogP contribution in [0.5, 0.6) is 0 Å². The minimum Gasteiger partial charge on any atom is -0.456 e. The van der Waals surface area contributed by atoms with E-state index in [1.165, 1.54) is 21.9 Å². The lowest BCUT2D eigenvalue weighted by Crippen LogP contribution is -2.00. The van der Waals surface area contributed by atoms with Crippen molar-refractivity contribution >= 4 is 43.5 Å². The molecule has 0 unspecified atom stereocenters. The molecule has 57 heavy (non-hydrogen) atoms. The van der Waals surface area contributed by atoms with E-state index in [1.807, 2.05) is 36.4 Å². The summed E-state index contributed by atoms with van der Waals surface area (Å²) < 4.78 is 6.42. The number of aromatic nitrogens is 3. The highest BCUT2D eigenvalue weighted by molar-refractivity contribution is 6.14. The van der Waals surface area contributed by atoms with Crippen LogP contribution in [0.4, 0.5) is 0 Å². The summed E-state index contributed by atoms with van der Waals surface area (Å²) in [7, 11) is 0. The summed E-state index contributed by atoms with van der Waals surface area (Å²) in [5.74, 6) is 1.91. The van der Waals surface area contributed by atoms with Gasteiger partial charge in [-0.1, -0.05) is 164 Å². The maximum absolute atomic E-state index is 6.42. The minimum atomic E-state index is 0.633. The lowest BCUT2D eigenvalue weighted by atomic mass is 9.95. The van der Waals surface area contributed by atoms with Gasteiger partial charge in [0.1, 0.15) is 11.2 Å². The van der Waals surface area contributed by atoms with Crippen LogP contribution in [0, 0.1) is 0 Å². The molecule has 9 aromatic carbocycles. The molecule has 11 aromatic rings. The first-order chi connectivity index (χ1) is 28.2. The molecule has 0 saturated heterocycles. The molecule has 4 nitrogen and oxygen atoms in total. The fraction of sp³-hybridized carbons (Fsp3) is 0. The van der Waals surface area contributed by atoms with Crippen LogP contribution in [0.1, 0.15) is 0 Å². The van der Waals surface area contributed by atoms with Crippen molar-refractivity contribution in [3.05, 3.63) is 200 Å². The van der Waals surface area contributed by atoms with E-state index in [1.54, 1.807) is 0 Å². The highest BCUT2D eigenvalue weighted by Crippen LogP contribution is 2.40. The van der Waals surface area contributed by atoms with Gasteiger partial charge < -0.3 is 4.42 Å². The average molecular weight is 728 g/mol. The van der Waals surface area contributed by atoms with Gasteiger partial charge in [0, 0.05) is 27.5 Å². The third kappa shape index (κ3) is 6.01. The summed E-state index contributed by atoms with van der Waals surface area (Å²) in [6, 6.07) is 70.1. The number of fused-ring (bicyclic) bond motifs is 5. The summed E-state index contributed by atoms with van der Waals surface area (Å²) in [5, 5.41) is 6.93. The van der Waals surface area contributed by atoms with Crippen LogP contribution >= 0.6 is 0 Å². The SMILES string of the molecule is c1ccc(-c2ccc(-c3nc(-c4ccccc4)nc(-c4ccc5cc(-c6cccc7oc8ccc(-c9ccc%10ccccc%10c9)cc8c67)ccc5c4)n3)cc2)cc1. The van der Waals surface area contributed by atoms with Crippen LogP contribution in [-0.2, 0) is 0 Å². The Morgan fingerprint density at radius 1 is 0.281 bits per heavy atom. The van der Waals surface area contributed by atoms with E-state index in [2.05, 4.69) is 164 Å². The molecule has 0 spiro atoms. The van der Waals surface area contributed by atoms with Crippen molar-refractivity contribution in [2.45, 2.75) is 0 Å². The molecule has 2 heterocycles. The normalized spacial score (nSPS) is 11.5. The van der Waals surface area contributed by atoms with Crippen molar-refractivity contribution in [1.82, 2.24) is 15.0 Å². The Hall–Kier alpha value is -7.69. The second-order valence-electron chi connectivity index (χ2n) is 14.4. The van der Waals surface area contributed by atoms with Gasteiger partial charge in [0.05, 0.1) is 0 Å². The van der Waals surface area contributed by atoms with E-state index < -0.39 is 0 Å². The molecule has 11 rings (SSSR count). The number of hydrogen-bond acceptors (Lipinski definition) is 4. The Morgan fingerprint density at radius 3 is 1.51 bits per heavy atom. The molecule has 0 amide bonds. The zero-order valence-electron chi connectivity index (χ0n) is 30.8. The lowest BCUT2D eigenvalue weighted by Gasteiger charge is -2.10. The Balaban J connectivity index is 0.976. The number of furan rings is 1. The van der Waals surface area contributed by atoms with Gasteiger partial charge in [0.15, 0.2) is 17.5 Å². The van der Waals surface area contributed by atoms with Crippen LogP contribution in [-0.4, -0.2) is 15.0 Å². The number of hydrogen-bond donors (Lipinski definition) is 0. The topological polar surface area (TPSA) is 51.8 Å². The van der Waals surface area contributed by atoms with Gasteiger partial charge in [-0.15, -0.1) is 0 Å². The molecule has 0 atom stereocenters. The Morgan fingerprint density at radius 2 is 0.754 bits per heavy atom. The maximum atomic E-state index is 6.42. The standard InChI is InChI=1S/C53H33N3O/c1-3-10-34(11-4-1)36-18-21-38(22-19-36)52-54-51(37-13-5-2-6-14-37)55-53(56-52)45-27-25-41-31-44(26-24-42(41)32-45)46-16-9-17-49-50(46)47-33-43(28-29-48(47)57-49)40-23-20-35-12-7-8-15-39(35)30-40/h1-33H. The van der Waals surface area contributed by atoms with Crippen LogP contribution < -0.4 is 0 Å². The molecule has 0 saturated carbocycles. The molecular weight excluding hydrogens is 695 g/mol. The van der Waals surface area contributed by atoms with E-state index in [-0.39, 0.29) is 0 Å². The number of rotatable bonds is 6. The van der Waals surface area contributed by atoms with Gasteiger partial charge >= 0.3 is 0 Å². The average Bonchev–Trinajstić information content (AvgIpc) is 3.67. The van der Waals surface area contributed by atoms with Crippen molar-refractivity contribution in [3.8, 4) is 67.5 Å². The molecule has 0 fully saturated rings. The zero-order chi connectivity index (χ0) is 37.7. The molecule has 0 aliphatic heterocycles. The third-order valence-electron chi connectivity index (χ3n) is 10.9. The van der Waals surface area contributed by atoms with Crippen molar-refractivity contribution in [1.29, 1.82) is 0 Å². The van der Waals surface area contributed by atoms with E-state index >= 15 is 0 Å². The number of nitrogens with zero attached hydrogens (tertiary/aromatic N) is 3. The maximum Gasteiger partial charge on any atom is 0.164 e. The first-order valence-electron chi connectivity index (χ1n) is 19.2. The molecule has 0 N–H and O–H groups in total. The largest absolute Gasteiger partial charge is 0.456 e. The molecule has 4 heteroatoms. The van der Waals surface area contributed by atoms with E-state index in [0.29, 0.717) is 17.5 Å². The van der Waals surface area contributed by atoms with E-state index in [0.717, 1.165) is 71.7 Å². The summed E-state index contributed by atoms with van der Waals surface area (Å²) in [4.78, 5) is 15.0. The van der Waals surface area contributed by atoms with Crippen molar-refractivity contribution in [2.75, 3.05) is 0 Å². The van der Waals surface area contributed by atoms with Crippen molar-refractivity contribution in [2.24, 2.45) is 0 Å². The smallest absolute Gasteiger partial charge is 0.164 e. The van der Waals surface area contributed by atoms with Gasteiger partial charge in [-0.25, -0.2) is 15.0 Å². The molecule has 0 radical (unpaired) electrons. The molecular formula is C53H33N3O.